The van der Waals surface area contributed by atoms with E-state index in [9.17, 15) is 0 Å². The van der Waals surface area contributed by atoms with Gasteiger partial charge in [-0.15, -0.1) is 0 Å². The molecule has 0 bridgehead atoms. The summed E-state index contributed by atoms with van der Waals surface area (Å²) in [6, 6.07) is 1.67. The molecule has 7 heteroatoms. The lowest BCUT2D eigenvalue weighted by Crippen LogP contribution is -2.09. The molecule has 0 saturated carbocycles. The summed E-state index contributed by atoms with van der Waals surface area (Å²) in [5.41, 5.74) is 1.52. The molecule has 0 unspecified atom stereocenters. The van der Waals surface area contributed by atoms with Crippen molar-refractivity contribution >= 4 is 40.6 Å². The van der Waals surface area contributed by atoms with Gasteiger partial charge in [-0.2, -0.15) is 0 Å². The van der Waals surface area contributed by atoms with Gasteiger partial charge in [-0.3, -0.25) is 4.98 Å². The summed E-state index contributed by atoms with van der Waals surface area (Å²) in [6.45, 7) is 2.44. The van der Waals surface area contributed by atoms with E-state index in [4.69, 9.17) is 34.8 Å². The van der Waals surface area contributed by atoms with Gasteiger partial charge < -0.3 is 5.32 Å². The predicted octanol–water partition coefficient (Wildman–Crippen LogP) is 3.79. The van der Waals surface area contributed by atoms with Crippen molar-refractivity contribution in [3.63, 3.8) is 0 Å². The molecule has 2 aromatic heterocycles. The number of anilines is 1. The van der Waals surface area contributed by atoms with Crippen LogP contribution in [0, 0.1) is 6.92 Å². The molecule has 4 nitrogen and oxygen atoms in total. The molecule has 0 atom stereocenters. The Hall–Kier alpha value is -1.10. The van der Waals surface area contributed by atoms with Crippen molar-refractivity contribution in [1.82, 2.24) is 15.0 Å². The van der Waals surface area contributed by atoms with E-state index in [-0.39, 0.29) is 0 Å². The van der Waals surface area contributed by atoms with Crippen molar-refractivity contribution in [2.75, 3.05) is 11.9 Å². The van der Waals surface area contributed by atoms with E-state index in [1.54, 1.807) is 12.3 Å². The molecule has 0 aliphatic heterocycles. The molecule has 2 heterocycles. The smallest absolute Gasteiger partial charge is 0.148 e. The Bertz CT molecular complexity index is 589. The molecule has 1 N–H and O–H groups in total. The summed E-state index contributed by atoms with van der Waals surface area (Å²) in [5.74, 6) is 0.610. The fourth-order valence-electron chi connectivity index (χ4n) is 1.51. The number of nitrogens with one attached hydrogen (secondary N) is 1. The van der Waals surface area contributed by atoms with Crippen LogP contribution in [0.3, 0.4) is 0 Å². The highest BCUT2D eigenvalue weighted by Gasteiger charge is 2.06. The summed E-state index contributed by atoms with van der Waals surface area (Å²) in [4.78, 5) is 12.3. The van der Waals surface area contributed by atoms with Gasteiger partial charge in [0.15, 0.2) is 0 Å². The Morgan fingerprint density at radius 3 is 2.68 bits per heavy atom. The normalized spacial score (nSPS) is 10.5. The number of rotatable bonds is 4. The average molecular weight is 318 g/mol. The van der Waals surface area contributed by atoms with Crippen molar-refractivity contribution < 1.29 is 0 Å². The molecular formula is C12H11Cl3N4. The zero-order valence-corrected chi connectivity index (χ0v) is 12.4. The van der Waals surface area contributed by atoms with Crippen LogP contribution in [-0.2, 0) is 6.42 Å². The van der Waals surface area contributed by atoms with E-state index in [1.165, 1.54) is 6.33 Å². The van der Waals surface area contributed by atoms with Gasteiger partial charge in [0.1, 0.15) is 17.2 Å². The Balaban J connectivity index is 1.98. The minimum atomic E-state index is 0.524. The first-order valence-electron chi connectivity index (χ1n) is 5.59. The zero-order chi connectivity index (χ0) is 13.8. The second-order valence-corrected chi connectivity index (χ2v) is 5.10. The molecule has 100 valence electrons. The van der Waals surface area contributed by atoms with Crippen molar-refractivity contribution in [3.05, 3.63) is 45.0 Å². The van der Waals surface area contributed by atoms with E-state index in [0.29, 0.717) is 33.9 Å². The van der Waals surface area contributed by atoms with Gasteiger partial charge in [-0.1, -0.05) is 34.8 Å². The molecule has 0 aliphatic carbocycles. The van der Waals surface area contributed by atoms with E-state index in [0.717, 1.165) is 11.4 Å². The Labute approximate surface area is 126 Å². The van der Waals surface area contributed by atoms with Gasteiger partial charge in [-0.25, -0.2) is 9.97 Å². The number of hydrogen-bond donors (Lipinski definition) is 1. The van der Waals surface area contributed by atoms with Crippen LogP contribution < -0.4 is 5.32 Å². The Kier molecular flexibility index (Phi) is 4.80. The van der Waals surface area contributed by atoms with Crippen LogP contribution in [0.25, 0.3) is 0 Å². The predicted molar refractivity (Wildman–Crippen MR) is 78.2 cm³/mol. The molecular weight excluding hydrogens is 307 g/mol. The zero-order valence-electron chi connectivity index (χ0n) is 10.1. The summed E-state index contributed by atoms with van der Waals surface area (Å²) in [6.07, 6.45) is 3.69. The van der Waals surface area contributed by atoms with E-state index >= 15 is 0 Å². The minimum Gasteiger partial charge on any atom is -0.368 e. The van der Waals surface area contributed by atoms with E-state index < -0.39 is 0 Å². The maximum Gasteiger partial charge on any atom is 0.148 e. The van der Waals surface area contributed by atoms with Gasteiger partial charge in [-0.05, 0) is 13.0 Å². The second-order valence-electron chi connectivity index (χ2n) is 3.88. The third kappa shape index (κ3) is 3.69. The first kappa shape index (κ1) is 14.3. The van der Waals surface area contributed by atoms with Crippen LogP contribution in [0.15, 0.2) is 18.6 Å². The first-order valence-corrected chi connectivity index (χ1v) is 6.72. The van der Waals surface area contributed by atoms with Crippen LogP contribution in [0.4, 0.5) is 5.82 Å². The number of nitrogens with zero attached hydrogens (tertiary/aromatic N) is 3. The monoisotopic (exact) mass is 316 g/mol. The van der Waals surface area contributed by atoms with Gasteiger partial charge in [0, 0.05) is 19.2 Å². The minimum absolute atomic E-state index is 0.524. The van der Waals surface area contributed by atoms with Gasteiger partial charge in [0.05, 0.1) is 21.4 Å². The van der Waals surface area contributed by atoms with Crippen molar-refractivity contribution in [1.29, 1.82) is 0 Å². The first-order chi connectivity index (χ1) is 9.08. The second kappa shape index (κ2) is 6.37. The molecule has 0 saturated heterocycles. The molecule has 0 aromatic carbocycles. The number of halogens is 3. The SMILES string of the molecule is Cc1ncnc(NCCc2ncc(Cl)cc2Cl)c1Cl. The standard InChI is InChI=1S/C12H11Cl3N4/c1-7-11(15)12(19-6-18-7)16-3-2-10-9(14)4-8(13)5-17-10/h4-6H,2-3H2,1H3,(H,16,18,19). The van der Waals surface area contributed by atoms with Crippen LogP contribution >= 0.6 is 34.8 Å². The third-order valence-electron chi connectivity index (χ3n) is 2.50. The van der Waals surface area contributed by atoms with Crippen LogP contribution in [0.2, 0.25) is 15.1 Å². The average Bonchev–Trinajstić information content (AvgIpc) is 2.37. The van der Waals surface area contributed by atoms with Gasteiger partial charge in [0.2, 0.25) is 0 Å². The summed E-state index contributed by atoms with van der Waals surface area (Å²) < 4.78 is 0. The highest BCUT2D eigenvalue weighted by atomic mass is 35.5. The maximum absolute atomic E-state index is 6.08. The molecule has 0 amide bonds. The number of hydrogen-bond acceptors (Lipinski definition) is 4. The Morgan fingerprint density at radius 2 is 1.95 bits per heavy atom. The fraction of sp³-hybridized carbons (Fsp3) is 0.250. The van der Waals surface area contributed by atoms with Crippen LogP contribution in [0.1, 0.15) is 11.4 Å². The van der Waals surface area contributed by atoms with Crippen LogP contribution in [-0.4, -0.2) is 21.5 Å². The lowest BCUT2D eigenvalue weighted by Gasteiger charge is -2.08. The quantitative estimate of drug-likeness (QED) is 0.932. The molecule has 19 heavy (non-hydrogen) atoms. The molecule has 2 rings (SSSR count). The topological polar surface area (TPSA) is 50.7 Å². The van der Waals surface area contributed by atoms with Crippen LogP contribution in [0.5, 0.6) is 0 Å². The molecule has 0 fully saturated rings. The maximum atomic E-state index is 6.08. The summed E-state index contributed by atoms with van der Waals surface area (Å²) >= 11 is 17.9. The number of aromatic nitrogens is 3. The Morgan fingerprint density at radius 1 is 1.16 bits per heavy atom. The summed E-state index contributed by atoms with van der Waals surface area (Å²) in [7, 11) is 0. The molecule has 0 aliphatic rings. The van der Waals surface area contributed by atoms with Gasteiger partial charge in [0.25, 0.3) is 0 Å². The van der Waals surface area contributed by atoms with E-state index in [2.05, 4.69) is 20.3 Å². The van der Waals surface area contributed by atoms with E-state index in [1.807, 2.05) is 6.92 Å². The van der Waals surface area contributed by atoms with Crippen molar-refractivity contribution in [2.24, 2.45) is 0 Å². The lowest BCUT2D eigenvalue weighted by molar-refractivity contribution is 0.948. The lowest BCUT2D eigenvalue weighted by atomic mass is 10.2. The molecule has 2 aromatic rings. The largest absolute Gasteiger partial charge is 0.368 e. The highest BCUT2D eigenvalue weighted by molar-refractivity contribution is 6.34. The number of pyridine rings is 1. The molecule has 0 spiro atoms. The molecule has 0 radical (unpaired) electrons. The number of aryl methyl sites for hydroxylation is 1. The summed E-state index contributed by atoms with van der Waals surface area (Å²) in [5, 5.41) is 4.73. The van der Waals surface area contributed by atoms with Crippen molar-refractivity contribution in [2.45, 2.75) is 13.3 Å². The van der Waals surface area contributed by atoms with Crippen molar-refractivity contribution in [3.8, 4) is 0 Å². The third-order valence-corrected chi connectivity index (χ3v) is 3.49. The fourth-order valence-corrected chi connectivity index (χ4v) is 2.15. The highest BCUT2D eigenvalue weighted by Crippen LogP contribution is 2.21. The van der Waals surface area contributed by atoms with Gasteiger partial charge >= 0.3 is 0 Å².